The van der Waals surface area contributed by atoms with Gasteiger partial charge in [0.2, 0.25) is 0 Å². The van der Waals surface area contributed by atoms with Gasteiger partial charge in [0.1, 0.15) is 35.9 Å². The topological polar surface area (TPSA) is 246 Å². The van der Waals surface area contributed by atoms with Gasteiger partial charge in [-0.1, -0.05) is 60.7 Å². The molecule has 2 fully saturated rings. The molecule has 2 aliphatic rings. The summed E-state index contributed by atoms with van der Waals surface area (Å²) in [6, 6.07) is 20.7. The number of rotatable bonds is 12. The van der Waals surface area contributed by atoms with Gasteiger partial charge in [0.15, 0.2) is 24.0 Å². The Morgan fingerprint density at radius 1 is 0.796 bits per heavy atom. The second-order valence-corrected chi connectivity index (χ2v) is 15.5. The number of nitrogens with zero attached hydrogens (tertiary/aromatic N) is 4. The monoisotopic (exact) mass is 735 g/mol. The molecule has 0 aliphatic carbocycles. The summed E-state index contributed by atoms with van der Waals surface area (Å²) >= 11 is 0. The van der Waals surface area contributed by atoms with Crippen LogP contribution in [0.2, 0.25) is 0 Å². The Kier molecular flexibility index (Phi) is 9.17. The van der Waals surface area contributed by atoms with Crippen molar-refractivity contribution in [3.63, 3.8) is 0 Å². The first-order chi connectivity index (χ1) is 23.3. The van der Waals surface area contributed by atoms with Gasteiger partial charge in [-0.25, -0.2) is 28.6 Å². The van der Waals surface area contributed by atoms with E-state index in [0.717, 1.165) is 10.9 Å². The molecule has 0 bridgehead atoms. The van der Waals surface area contributed by atoms with Crippen molar-refractivity contribution in [3.8, 4) is 5.75 Å². The van der Waals surface area contributed by atoms with Gasteiger partial charge in [-0.05, 0) is 28.5 Å². The number of imidazole rings is 1. The summed E-state index contributed by atoms with van der Waals surface area (Å²) in [5.74, 6) is -0.0486. The quantitative estimate of drug-likeness (QED) is 0.131. The number of aromatic nitrogens is 4. The summed E-state index contributed by atoms with van der Waals surface area (Å²) in [6.07, 6.45) is -1.42. The largest absolute Gasteiger partial charge is 0.536 e. The molecule has 4 heterocycles. The van der Waals surface area contributed by atoms with E-state index in [1.165, 1.54) is 24.8 Å². The molecule has 18 nitrogen and oxygen atoms in total. The molecule has 3 aromatic carbocycles. The van der Waals surface area contributed by atoms with E-state index in [9.17, 15) is 28.4 Å². The number of nitrogen functional groups attached to an aromatic ring is 1. The summed E-state index contributed by atoms with van der Waals surface area (Å²) in [5, 5.41) is 1.43. The molecule has 0 radical (unpaired) electrons. The van der Waals surface area contributed by atoms with Crippen molar-refractivity contribution in [2.24, 2.45) is 0 Å². The molecule has 7 rings (SSSR count). The van der Waals surface area contributed by atoms with Gasteiger partial charge in [-0.15, -0.1) is 0 Å². The van der Waals surface area contributed by atoms with Crippen molar-refractivity contribution in [2.45, 2.75) is 37.3 Å². The standard InChI is InChI=1S/C28H28N5O13P3/c29-26-23-27(31-15-30-26)33(16-32-23)28-25-24(42-22(43-25)12-17-6-2-1-3-7-17)21(41-28)14-40-47(34,35)45-49(38,39)46-48(36,37)44-20-11-10-18-8-4-5-9-19(18)13-20/h1-11,13,15-16,21-22,24-25,28H,12,14H2,(H,34,35)(H,36,37)(H,38,39)(H2,29,30,31)/t21-,22?,24+,25?,28-/m1/s1. The lowest BCUT2D eigenvalue weighted by molar-refractivity contribution is -0.149. The molecule has 2 aromatic heterocycles. The third-order valence-electron chi connectivity index (χ3n) is 7.57. The van der Waals surface area contributed by atoms with E-state index >= 15 is 0 Å². The van der Waals surface area contributed by atoms with E-state index < -0.39 is 60.9 Å². The highest BCUT2D eigenvalue weighted by Crippen LogP contribution is 2.67. The van der Waals surface area contributed by atoms with E-state index in [2.05, 4.69) is 23.6 Å². The van der Waals surface area contributed by atoms with Gasteiger partial charge in [-0.3, -0.25) is 14.0 Å². The first kappa shape index (κ1) is 33.9. The highest BCUT2D eigenvalue weighted by Gasteiger charge is 2.54. The van der Waals surface area contributed by atoms with Crippen LogP contribution in [0.1, 0.15) is 11.8 Å². The predicted molar refractivity (Wildman–Crippen MR) is 169 cm³/mol. The first-order valence-corrected chi connectivity index (χ1v) is 19.0. The second kappa shape index (κ2) is 13.3. The molecule has 0 saturated carbocycles. The summed E-state index contributed by atoms with van der Waals surface area (Å²) in [7, 11) is -16.6. The molecule has 8 atom stereocenters. The lowest BCUT2D eigenvalue weighted by Crippen LogP contribution is -2.31. The maximum atomic E-state index is 12.8. The molecule has 5 aromatic rings. The van der Waals surface area contributed by atoms with Crippen LogP contribution in [0.5, 0.6) is 5.75 Å². The fourth-order valence-corrected chi connectivity index (χ4v) is 9.07. The van der Waals surface area contributed by atoms with Gasteiger partial charge >= 0.3 is 23.5 Å². The average Bonchev–Trinajstić information content (AvgIpc) is 3.74. The van der Waals surface area contributed by atoms with Crippen LogP contribution in [-0.4, -0.2) is 65.4 Å². The van der Waals surface area contributed by atoms with E-state index in [1.807, 2.05) is 30.3 Å². The van der Waals surface area contributed by atoms with Gasteiger partial charge in [-0.2, -0.15) is 8.62 Å². The number of phosphoric ester groups is 2. The molecule has 2 aliphatic heterocycles. The Hall–Kier alpha value is -3.60. The lowest BCUT2D eigenvalue weighted by Gasteiger charge is -2.22. The summed E-state index contributed by atoms with van der Waals surface area (Å²) < 4.78 is 76.4. The molecule has 0 spiro atoms. The Bertz CT molecular complexity index is 2140. The normalized spacial score (nSPS) is 25.8. The van der Waals surface area contributed by atoms with Crippen LogP contribution < -0.4 is 10.3 Å². The number of nitrogens with two attached hydrogens (primary N) is 1. The van der Waals surface area contributed by atoms with Crippen LogP contribution in [0.3, 0.4) is 0 Å². The summed E-state index contributed by atoms with van der Waals surface area (Å²) in [4.78, 5) is 43.0. The second-order valence-electron chi connectivity index (χ2n) is 10.9. The van der Waals surface area contributed by atoms with Crippen molar-refractivity contribution < 1.29 is 60.3 Å². The third-order valence-corrected chi connectivity index (χ3v) is 11.8. The third kappa shape index (κ3) is 7.61. The SMILES string of the molecule is Nc1ncnc2c1ncn2[C@@H]1O[C@H](COP(=O)(O)OP(=O)(O)OP(=O)(O)Oc2ccc3ccccc3c2)[C@@H]2OC(Cc3ccccc3)OC21. The Labute approximate surface area is 277 Å². The number of ether oxygens (including phenoxy) is 3. The molecular weight excluding hydrogens is 707 g/mol. The first-order valence-electron chi connectivity index (χ1n) is 14.5. The van der Waals surface area contributed by atoms with Crippen molar-refractivity contribution in [1.29, 1.82) is 0 Å². The number of benzene rings is 3. The van der Waals surface area contributed by atoms with Gasteiger partial charge in [0.25, 0.3) is 0 Å². The number of hydrogen-bond acceptors (Lipinski definition) is 14. The van der Waals surface area contributed by atoms with E-state index in [1.54, 1.807) is 34.9 Å². The molecule has 5 unspecified atom stereocenters. The van der Waals surface area contributed by atoms with E-state index in [-0.39, 0.29) is 11.6 Å². The van der Waals surface area contributed by atoms with Gasteiger partial charge < -0.3 is 34.3 Å². The van der Waals surface area contributed by atoms with Crippen molar-refractivity contribution >= 4 is 51.2 Å². The predicted octanol–water partition coefficient (Wildman–Crippen LogP) is 4.24. The van der Waals surface area contributed by atoms with Gasteiger partial charge in [0, 0.05) is 6.42 Å². The minimum Gasteiger partial charge on any atom is -0.404 e. The minimum atomic E-state index is -5.75. The molecular formula is C28H28N5O13P3. The molecule has 258 valence electrons. The van der Waals surface area contributed by atoms with Crippen LogP contribution in [-0.2, 0) is 47.5 Å². The summed E-state index contributed by atoms with van der Waals surface area (Å²) in [5.41, 5.74) is 7.49. The van der Waals surface area contributed by atoms with Crippen LogP contribution >= 0.6 is 23.5 Å². The van der Waals surface area contributed by atoms with E-state index in [4.69, 9.17) is 29.0 Å². The molecule has 2 saturated heterocycles. The number of phosphoric acid groups is 3. The molecule has 21 heteroatoms. The average molecular weight is 735 g/mol. The van der Waals surface area contributed by atoms with Crippen molar-refractivity contribution in [3.05, 3.63) is 91.0 Å². The van der Waals surface area contributed by atoms with Crippen LogP contribution in [0.25, 0.3) is 21.9 Å². The number of fused-ring (bicyclic) bond motifs is 3. The van der Waals surface area contributed by atoms with Gasteiger partial charge in [0.05, 0.1) is 12.9 Å². The molecule has 0 amide bonds. The maximum absolute atomic E-state index is 12.8. The zero-order chi connectivity index (χ0) is 34.4. The highest BCUT2D eigenvalue weighted by atomic mass is 31.3. The van der Waals surface area contributed by atoms with Crippen LogP contribution in [0.4, 0.5) is 5.82 Å². The summed E-state index contributed by atoms with van der Waals surface area (Å²) in [6.45, 7) is -0.721. The lowest BCUT2D eigenvalue weighted by atomic mass is 10.1. The van der Waals surface area contributed by atoms with Crippen molar-refractivity contribution in [1.82, 2.24) is 19.5 Å². The Morgan fingerprint density at radius 2 is 1.51 bits per heavy atom. The molecule has 5 N–H and O–H groups in total. The fourth-order valence-electron chi connectivity index (χ4n) is 5.56. The van der Waals surface area contributed by atoms with E-state index in [0.29, 0.717) is 23.0 Å². The fraction of sp³-hybridized carbons (Fsp3) is 0.250. The van der Waals surface area contributed by atoms with Crippen LogP contribution in [0, 0.1) is 0 Å². The number of hydrogen-bond donors (Lipinski definition) is 4. The maximum Gasteiger partial charge on any atom is 0.536 e. The smallest absolute Gasteiger partial charge is 0.404 e. The van der Waals surface area contributed by atoms with Crippen LogP contribution in [0.15, 0.2) is 85.5 Å². The number of anilines is 1. The Morgan fingerprint density at radius 3 is 2.31 bits per heavy atom. The Balaban J connectivity index is 1.03. The van der Waals surface area contributed by atoms with Crippen molar-refractivity contribution in [2.75, 3.05) is 12.3 Å². The zero-order valence-electron chi connectivity index (χ0n) is 25.0. The minimum absolute atomic E-state index is 0.132. The zero-order valence-corrected chi connectivity index (χ0v) is 27.7. The highest BCUT2D eigenvalue weighted by molar-refractivity contribution is 7.67. The molecule has 49 heavy (non-hydrogen) atoms.